The van der Waals surface area contributed by atoms with Crippen molar-refractivity contribution in [2.24, 2.45) is 7.05 Å². The van der Waals surface area contributed by atoms with Crippen molar-refractivity contribution >= 4 is 12.1 Å². The second-order valence-corrected chi connectivity index (χ2v) is 6.90. The highest BCUT2D eigenvalue weighted by Crippen LogP contribution is 2.16. The second-order valence-electron chi connectivity index (χ2n) is 6.90. The Hall–Kier alpha value is -2.06. The first-order chi connectivity index (χ1) is 11.2. The Morgan fingerprint density at radius 2 is 1.88 bits per heavy atom. The van der Waals surface area contributed by atoms with Crippen molar-refractivity contribution in [3.05, 3.63) is 24.0 Å². The molecule has 1 aromatic rings. The molecule has 0 spiro atoms. The fourth-order valence-electron chi connectivity index (χ4n) is 2.55. The van der Waals surface area contributed by atoms with Gasteiger partial charge in [-0.25, -0.2) is 15.2 Å². The van der Waals surface area contributed by atoms with Crippen molar-refractivity contribution in [1.82, 2.24) is 19.9 Å². The highest BCUT2D eigenvalue weighted by molar-refractivity contribution is 5.75. The van der Waals surface area contributed by atoms with Gasteiger partial charge in [0.25, 0.3) is 0 Å². The molecule has 0 radical (unpaired) electrons. The van der Waals surface area contributed by atoms with Crippen molar-refractivity contribution in [3.8, 4) is 0 Å². The zero-order valence-corrected chi connectivity index (χ0v) is 14.7. The molecule has 1 saturated heterocycles. The van der Waals surface area contributed by atoms with E-state index in [-0.39, 0.29) is 6.09 Å². The van der Waals surface area contributed by atoms with Gasteiger partial charge in [0.05, 0.1) is 0 Å². The number of amides is 1. The van der Waals surface area contributed by atoms with Crippen LogP contribution in [0.4, 0.5) is 4.79 Å². The van der Waals surface area contributed by atoms with E-state index in [0.717, 1.165) is 0 Å². The van der Waals surface area contributed by atoms with Crippen molar-refractivity contribution in [2.45, 2.75) is 32.4 Å². The van der Waals surface area contributed by atoms with Gasteiger partial charge in [-0.3, -0.25) is 4.79 Å². The fraction of sp³-hybridized carbons (Fsp3) is 0.625. The van der Waals surface area contributed by atoms with E-state index in [4.69, 9.17) is 4.74 Å². The Morgan fingerprint density at radius 3 is 2.33 bits per heavy atom. The van der Waals surface area contributed by atoms with E-state index in [1.54, 1.807) is 15.5 Å². The van der Waals surface area contributed by atoms with Gasteiger partial charge in [-0.1, -0.05) is 0 Å². The van der Waals surface area contributed by atoms with E-state index >= 15 is 0 Å². The van der Waals surface area contributed by atoms with Crippen molar-refractivity contribution in [1.29, 1.82) is 0 Å². The summed E-state index contributed by atoms with van der Waals surface area (Å²) in [7, 11) is 1.81. The molecule has 8 nitrogen and oxygen atoms in total. The molecule has 1 fully saturated rings. The van der Waals surface area contributed by atoms with E-state index < -0.39 is 17.6 Å². The number of ether oxygens (including phenoxy) is 1. The van der Waals surface area contributed by atoms with E-state index in [2.05, 4.69) is 5.43 Å². The molecule has 2 heterocycles. The fourth-order valence-corrected chi connectivity index (χ4v) is 2.55. The monoisotopic (exact) mass is 338 g/mol. The number of aliphatic carboxylic acids is 1. The first-order valence-electron chi connectivity index (χ1n) is 8.00. The number of hydrogen-bond acceptors (Lipinski definition) is 5. The molecule has 1 aliphatic heterocycles. The van der Waals surface area contributed by atoms with Crippen LogP contribution in [0, 0.1) is 0 Å². The summed E-state index contributed by atoms with van der Waals surface area (Å²) >= 11 is 0. The van der Waals surface area contributed by atoms with Gasteiger partial charge in [0.15, 0.2) is 6.04 Å². The predicted molar refractivity (Wildman–Crippen MR) is 88.3 cm³/mol. The Labute approximate surface area is 141 Å². The van der Waals surface area contributed by atoms with Crippen LogP contribution in [-0.4, -0.2) is 63.4 Å². The van der Waals surface area contributed by atoms with Crippen molar-refractivity contribution in [3.63, 3.8) is 0 Å². The smallest absolute Gasteiger partial charge is 0.410 e. The van der Waals surface area contributed by atoms with Crippen molar-refractivity contribution < 1.29 is 19.4 Å². The number of nitrogens with one attached hydrogen (secondary N) is 1. The molecule has 8 heteroatoms. The summed E-state index contributed by atoms with van der Waals surface area (Å²) < 4.78 is 7.14. The second kappa shape index (κ2) is 7.23. The van der Waals surface area contributed by atoms with E-state index in [9.17, 15) is 14.7 Å². The average molecular weight is 338 g/mol. The van der Waals surface area contributed by atoms with Crippen LogP contribution in [0.15, 0.2) is 18.3 Å². The molecule has 2 rings (SSSR count). The highest BCUT2D eigenvalue weighted by Gasteiger charge is 2.29. The van der Waals surface area contributed by atoms with Gasteiger partial charge >= 0.3 is 12.1 Å². The lowest BCUT2D eigenvalue weighted by Crippen LogP contribution is -2.55. The summed E-state index contributed by atoms with van der Waals surface area (Å²) in [5.74, 6) is -0.939. The van der Waals surface area contributed by atoms with Gasteiger partial charge in [0.2, 0.25) is 0 Å². The molecule has 1 aromatic heterocycles. The third-order valence-electron chi connectivity index (χ3n) is 3.77. The molecular weight excluding hydrogens is 312 g/mol. The minimum Gasteiger partial charge on any atom is -0.480 e. The standard InChI is InChI=1S/C16H26N4O4/c1-16(2,3)24-15(23)19-8-10-20(11-9-19)17-13(14(21)22)12-6-5-7-18(12)4/h5-7,13,17H,8-11H2,1-4H3,(H,21,22). The summed E-state index contributed by atoms with van der Waals surface area (Å²) in [4.78, 5) is 25.3. The van der Waals surface area contributed by atoms with Gasteiger partial charge in [-0.15, -0.1) is 0 Å². The largest absolute Gasteiger partial charge is 0.480 e. The number of piperazine rings is 1. The van der Waals surface area contributed by atoms with Crippen LogP contribution < -0.4 is 5.43 Å². The van der Waals surface area contributed by atoms with Crippen LogP contribution in [0.3, 0.4) is 0 Å². The number of aromatic nitrogens is 1. The molecule has 1 unspecified atom stereocenters. The van der Waals surface area contributed by atoms with E-state index in [1.807, 2.05) is 45.1 Å². The molecule has 1 atom stereocenters. The average Bonchev–Trinajstić information content (AvgIpc) is 2.89. The molecule has 0 aliphatic carbocycles. The van der Waals surface area contributed by atoms with Crippen LogP contribution in [0.2, 0.25) is 0 Å². The zero-order chi connectivity index (χ0) is 17.9. The van der Waals surface area contributed by atoms with Crippen LogP contribution in [0.25, 0.3) is 0 Å². The molecule has 1 aliphatic rings. The molecule has 0 bridgehead atoms. The first kappa shape index (κ1) is 18.3. The molecule has 0 aromatic carbocycles. The lowest BCUT2D eigenvalue weighted by Gasteiger charge is -2.36. The third-order valence-corrected chi connectivity index (χ3v) is 3.77. The van der Waals surface area contributed by atoms with Gasteiger partial charge in [0.1, 0.15) is 5.60 Å². The molecule has 2 N–H and O–H groups in total. The van der Waals surface area contributed by atoms with Crippen LogP contribution in [0.5, 0.6) is 0 Å². The number of aryl methyl sites for hydroxylation is 1. The van der Waals surface area contributed by atoms with Crippen molar-refractivity contribution in [2.75, 3.05) is 26.2 Å². The maximum absolute atomic E-state index is 12.0. The van der Waals surface area contributed by atoms with E-state index in [0.29, 0.717) is 31.9 Å². The summed E-state index contributed by atoms with van der Waals surface area (Å²) in [5, 5.41) is 11.3. The number of rotatable bonds is 4. The topological polar surface area (TPSA) is 87.0 Å². The Morgan fingerprint density at radius 1 is 1.25 bits per heavy atom. The lowest BCUT2D eigenvalue weighted by molar-refractivity contribution is -0.142. The van der Waals surface area contributed by atoms with Gasteiger partial charge in [-0.05, 0) is 32.9 Å². The predicted octanol–water partition coefficient (Wildman–Crippen LogP) is 1.21. The molecule has 24 heavy (non-hydrogen) atoms. The molecule has 1 amide bonds. The SMILES string of the molecule is Cn1cccc1C(NN1CCN(C(=O)OC(C)(C)C)CC1)C(=O)O. The molecule has 0 saturated carbocycles. The summed E-state index contributed by atoms with van der Waals surface area (Å²) in [6, 6.07) is 2.77. The van der Waals surface area contributed by atoms with Crippen LogP contribution in [0.1, 0.15) is 32.5 Å². The first-order valence-corrected chi connectivity index (χ1v) is 8.00. The Bertz CT molecular complexity index is 585. The number of hydrazine groups is 1. The lowest BCUT2D eigenvalue weighted by atomic mass is 10.2. The summed E-state index contributed by atoms with van der Waals surface area (Å²) in [6.45, 7) is 7.55. The Balaban J connectivity index is 1.91. The van der Waals surface area contributed by atoms with Gasteiger partial charge in [-0.2, -0.15) is 0 Å². The van der Waals surface area contributed by atoms with E-state index in [1.165, 1.54) is 0 Å². The quantitative estimate of drug-likeness (QED) is 0.858. The molecular formula is C16H26N4O4. The maximum atomic E-state index is 12.0. The number of hydrogen-bond donors (Lipinski definition) is 2. The van der Waals surface area contributed by atoms with Crippen LogP contribution >= 0.6 is 0 Å². The Kier molecular flexibility index (Phi) is 5.51. The van der Waals surface area contributed by atoms with Gasteiger partial charge in [0, 0.05) is 45.1 Å². The normalized spacial score (nSPS) is 17.6. The minimum absolute atomic E-state index is 0.334. The number of carboxylic acids is 1. The minimum atomic E-state index is -0.939. The number of carbonyl (C=O) groups excluding carboxylic acids is 1. The highest BCUT2D eigenvalue weighted by atomic mass is 16.6. The zero-order valence-electron chi connectivity index (χ0n) is 14.7. The summed E-state index contributed by atoms with van der Waals surface area (Å²) in [6.07, 6.45) is 1.48. The number of carboxylic acid groups (broad SMARTS) is 1. The number of nitrogens with zero attached hydrogens (tertiary/aromatic N) is 3. The maximum Gasteiger partial charge on any atom is 0.410 e. The molecule has 134 valence electrons. The third kappa shape index (κ3) is 4.72. The summed E-state index contributed by atoms with van der Waals surface area (Å²) in [5.41, 5.74) is 3.20. The van der Waals surface area contributed by atoms with Gasteiger partial charge < -0.3 is 19.3 Å². The van der Waals surface area contributed by atoms with Crippen LogP contribution in [-0.2, 0) is 16.6 Å². The number of carbonyl (C=O) groups is 2.